The van der Waals surface area contributed by atoms with Crippen LogP contribution in [-0.4, -0.2) is 16.1 Å². The van der Waals surface area contributed by atoms with E-state index in [1.807, 2.05) is 12.5 Å². The Balaban J connectivity index is 1.90. The van der Waals surface area contributed by atoms with Gasteiger partial charge in [-0.15, -0.1) is 0 Å². The van der Waals surface area contributed by atoms with Crippen molar-refractivity contribution >= 4 is 0 Å². The summed E-state index contributed by atoms with van der Waals surface area (Å²) in [7, 11) is 0. The van der Waals surface area contributed by atoms with E-state index in [9.17, 15) is 0 Å². The summed E-state index contributed by atoms with van der Waals surface area (Å²) in [6, 6.07) is 0. The molecular formula is C13H23N3. The lowest BCUT2D eigenvalue weighted by molar-refractivity contribution is 0.430. The Morgan fingerprint density at radius 3 is 3.06 bits per heavy atom. The largest absolute Gasteiger partial charge is 0.333 e. The maximum absolute atomic E-state index is 4.26. The molecule has 0 spiro atoms. The number of rotatable bonds is 5. The summed E-state index contributed by atoms with van der Waals surface area (Å²) >= 11 is 0. The lowest BCUT2D eigenvalue weighted by Gasteiger charge is -2.13. The Morgan fingerprint density at radius 2 is 2.38 bits per heavy atom. The third-order valence-electron chi connectivity index (χ3n) is 3.61. The molecule has 0 bridgehead atoms. The molecule has 2 atom stereocenters. The molecule has 2 rings (SSSR count). The van der Waals surface area contributed by atoms with E-state index in [0.29, 0.717) is 0 Å². The van der Waals surface area contributed by atoms with E-state index in [2.05, 4.69) is 28.7 Å². The Labute approximate surface area is 98.3 Å². The molecule has 1 fully saturated rings. The number of hydrogen-bond donors (Lipinski definition) is 1. The zero-order valence-electron chi connectivity index (χ0n) is 10.4. The van der Waals surface area contributed by atoms with Crippen LogP contribution in [0.1, 0.15) is 38.8 Å². The van der Waals surface area contributed by atoms with Crippen LogP contribution in [0.15, 0.2) is 12.5 Å². The first-order valence-corrected chi connectivity index (χ1v) is 6.49. The third-order valence-corrected chi connectivity index (χ3v) is 3.61. The van der Waals surface area contributed by atoms with Gasteiger partial charge in [-0.3, -0.25) is 0 Å². The first-order chi connectivity index (χ1) is 7.79. The molecule has 0 radical (unpaired) electrons. The summed E-state index contributed by atoms with van der Waals surface area (Å²) in [5, 5.41) is 3.36. The lowest BCUT2D eigenvalue weighted by Crippen LogP contribution is -2.17. The number of aromatic nitrogens is 2. The fourth-order valence-electron chi connectivity index (χ4n) is 2.68. The molecule has 1 aromatic heterocycles. The monoisotopic (exact) mass is 221 g/mol. The van der Waals surface area contributed by atoms with Gasteiger partial charge in [0, 0.05) is 19.3 Å². The average Bonchev–Trinajstić information content (AvgIpc) is 2.86. The normalized spacial score (nSPS) is 25.1. The van der Waals surface area contributed by atoms with Gasteiger partial charge in [-0.2, -0.15) is 0 Å². The molecule has 1 aliphatic carbocycles. The minimum Gasteiger partial charge on any atom is -0.333 e. The van der Waals surface area contributed by atoms with Crippen molar-refractivity contribution in [2.24, 2.45) is 11.8 Å². The summed E-state index contributed by atoms with van der Waals surface area (Å²) in [5.41, 5.74) is 1.32. The van der Waals surface area contributed by atoms with Crippen molar-refractivity contribution in [3.05, 3.63) is 18.2 Å². The van der Waals surface area contributed by atoms with Crippen molar-refractivity contribution in [3.8, 4) is 0 Å². The van der Waals surface area contributed by atoms with E-state index in [4.69, 9.17) is 0 Å². The van der Waals surface area contributed by atoms with Crippen LogP contribution < -0.4 is 5.32 Å². The second kappa shape index (κ2) is 5.48. The highest BCUT2D eigenvalue weighted by atomic mass is 15.1. The molecule has 0 aliphatic heterocycles. The number of hydrogen-bond acceptors (Lipinski definition) is 2. The van der Waals surface area contributed by atoms with Gasteiger partial charge in [0.25, 0.3) is 0 Å². The predicted octanol–water partition coefficient (Wildman–Crippen LogP) is 2.43. The zero-order valence-corrected chi connectivity index (χ0v) is 10.4. The first-order valence-electron chi connectivity index (χ1n) is 6.49. The smallest absolute Gasteiger partial charge is 0.0948 e. The summed E-state index contributed by atoms with van der Waals surface area (Å²) in [4.78, 5) is 4.26. The first kappa shape index (κ1) is 11.6. The Morgan fingerprint density at radius 1 is 1.50 bits per heavy atom. The van der Waals surface area contributed by atoms with E-state index in [0.717, 1.165) is 31.5 Å². The van der Waals surface area contributed by atoms with Crippen molar-refractivity contribution in [3.63, 3.8) is 0 Å². The maximum Gasteiger partial charge on any atom is 0.0948 e. The summed E-state index contributed by atoms with van der Waals surface area (Å²) in [6.45, 7) is 7.63. The number of imidazole rings is 1. The van der Waals surface area contributed by atoms with Crippen LogP contribution in [-0.2, 0) is 13.1 Å². The second-order valence-electron chi connectivity index (χ2n) is 5.10. The molecule has 2 unspecified atom stereocenters. The number of nitrogens with zero attached hydrogens (tertiary/aromatic N) is 2. The molecule has 1 saturated carbocycles. The van der Waals surface area contributed by atoms with Gasteiger partial charge in [0.2, 0.25) is 0 Å². The maximum atomic E-state index is 4.26. The average molecular weight is 221 g/mol. The fraction of sp³-hybridized carbons (Fsp3) is 0.769. The van der Waals surface area contributed by atoms with Crippen LogP contribution >= 0.6 is 0 Å². The molecule has 0 aromatic carbocycles. The van der Waals surface area contributed by atoms with Crippen molar-refractivity contribution in [1.82, 2.24) is 14.9 Å². The lowest BCUT2D eigenvalue weighted by atomic mass is 10.1. The highest BCUT2D eigenvalue weighted by Crippen LogP contribution is 2.31. The fourth-order valence-corrected chi connectivity index (χ4v) is 2.68. The van der Waals surface area contributed by atoms with Crippen LogP contribution in [0.2, 0.25) is 0 Å². The van der Waals surface area contributed by atoms with Crippen molar-refractivity contribution in [2.45, 2.75) is 46.2 Å². The minimum absolute atomic E-state index is 0.865. The van der Waals surface area contributed by atoms with Gasteiger partial charge in [-0.1, -0.05) is 20.3 Å². The van der Waals surface area contributed by atoms with E-state index >= 15 is 0 Å². The van der Waals surface area contributed by atoms with Crippen molar-refractivity contribution < 1.29 is 0 Å². The molecule has 16 heavy (non-hydrogen) atoms. The molecular weight excluding hydrogens is 198 g/mol. The highest BCUT2D eigenvalue weighted by molar-refractivity contribution is 4.98. The molecule has 90 valence electrons. The van der Waals surface area contributed by atoms with Gasteiger partial charge in [0.05, 0.1) is 12.0 Å². The van der Waals surface area contributed by atoms with Crippen LogP contribution in [0.4, 0.5) is 0 Å². The third kappa shape index (κ3) is 2.85. The molecule has 1 aromatic rings. The quantitative estimate of drug-likeness (QED) is 0.827. The van der Waals surface area contributed by atoms with E-state index in [1.165, 1.54) is 25.0 Å². The SMILES string of the molecule is CCNCc1cncn1CC1CCC(C)C1. The predicted molar refractivity (Wildman–Crippen MR) is 66.1 cm³/mol. The highest BCUT2D eigenvalue weighted by Gasteiger charge is 2.21. The van der Waals surface area contributed by atoms with Crippen LogP contribution in [0.5, 0.6) is 0 Å². The Kier molecular flexibility index (Phi) is 3.99. The van der Waals surface area contributed by atoms with E-state index < -0.39 is 0 Å². The van der Waals surface area contributed by atoms with Gasteiger partial charge in [-0.05, 0) is 31.2 Å². The van der Waals surface area contributed by atoms with Crippen LogP contribution in [0.25, 0.3) is 0 Å². The standard InChI is InChI=1S/C13H23N3/c1-3-14-7-13-8-15-10-16(13)9-12-5-4-11(2)6-12/h8,10-12,14H,3-7,9H2,1-2H3. The summed E-state index contributed by atoms with van der Waals surface area (Å²) in [6.07, 6.45) is 8.15. The van der Waals surface area contributed by atoms with Gasteiger partial charge in [0.15, 0.2) is 0 Å². The molecule has 3 nitrogen and oxygen atoms in total. The molecule has 3 heteroatoms. The molecule has 1 N–H and O–H groups in total. The molecule has 1 aliphatic rings. The number of nitrogens with one attached hydrogen (secondary N) is 1. The van der Waals surface area contributed by atoms with Gasteiger partial charge in [-0.25, -0.2) is 4.98 Å². The van der Waals surface area contributed by atoms with Crippen molar-refractivity contribution in [1.29, 1.82) is 0 Å². The van der Waals surface area contributed by atoms with Gasteiger partial charge in [0.1, 0.15) is 0 Å². The summed E-state index contributed by atoms with van der Waals surface area (Å²) in [5.74, 6) is 1.79. The van der Waals surface area contributed by atoms with Gasteiger partial charge < -0.3 is 9.88 Å². The zero-order chi connectivity index (χ0) is 11.4. The summed E-state index contributed by atoms with van der Waals surface area (Å²) < 4.78 is 2.32. The van der Waals surface area contributed by atoms with Crippen LogP contribution in [0, 0.1) is 11.8 Å². The molecule has 0 amide bonds. The van der Waals surface area contributed by atoms with E-state index in [1.54, 1.807) is 0 Å². The topological polar surface area (TPSA) is 29.9 Å². The second-order valence-corrected chi connectivity index (χ2v) is 5.10. The van der Waals surface area contributed by atoms with Crippen molar-refractivity contribution in [2.75, 3.05) is 6.54 Å². The van der Waals surface area contributed by atoms with Crippen LogP contribution in [0.3, 0.4) is 0 Å². The molecule has 1 heterocycles. The van der Waals surface area contributed by atoms with Gasteiger partial charge >= 0.3 is 0 Å². The molecule has 0 saturated heterocycles. The Hall–Kier alpha value is -0.830. The van der Waals surface area contributed by atoms with E-state index in [-0.39, 0.29) is 0 Å². The minimum atomic E-state index is 0.865. The Bertz CT molecular complexity index is 319.